The molecular weight excluding hydrogens is 551 g/mol. The summed E-state index contributed by atoms with van der Waals surface area (Å²) >= 11 is 0. The fourth-order valence-electron chi connectivity index (χ4n) is 4.54. The number of nitrogens with zero attached hydrogens (tertiary/aromatic N) is 3. The molecule has 11 heteroatoms. The zero-order chi connectivity index (χ0) is 30.8. The molecule has 0 fully saturated rings. The van der Waals surface area contributed by atoms with Gasteiger partial charge in [0.1, 0.15) is 11.4 Å². The maximum Gasteiger partial charge on any atom is 0.414 e. The van der Waals surface area contributed by atoms with Gasteiger partial charge in [-0.2, -0.15) is 13.2 Å². The van der Waals surface area contributed by atoms with Crippen LogP contribution >= 0.6 is 0 Å². The Balaban J connectivity index is 1.98. The fourth-order valence-corrected chi connectivity index (χ4v) is 4.54. The van der Waals surface area contributed by atoms with Crippen molar-refractivity contribution in [2.75, 3.05) is 25.7 Å². The first-order chi connectivity index (χ1) is 19.7. The van der Waals surface area contributed by atoms with Crippen molar-refractivity contribution in [1.29, 1.82) is 0 Å². The van der Waals surface area contributed by atoms with E-state index in [4.69, 9.17) is 14.2 Å². The molecule has 2 aromatic carbocycles. The number of rotatable bonds is 7. The third-order valence-electron chi connectivity index (χ3n) is 6.46. The maximum atomic E-state index is 13.4. The van der Waals surface area contributed by atoms with E-state index in [2.05, 4.69) is 4.98 Å². The summed E-state index contributed by atoms with van der Waals surface area (Å²) in [6.07, 6.45) is -3.36. The molecule has 0 radical (unpaired) electrons. The Labute approximate surface area is 241 Å². The number of anilines is 1. The Hall–Kier alpha value is -4.54. The molecule has 222 valence electrons. The second-order valence-corrected chi connectivity index (χ2v) is 10.7. The van der Waals surface area contributed by atoms with Gasteiger partial charge in [0.2, 0.25) is 0 Å². The number of carbonyl (C=O) groups excluding carboxylic acids is 2. The number of carbonyl (C=O) groups is 2. The number of esters is 1. The number of hydrogen-bond donors (Lipinski definition) is 0. The van der Waals surface area contributed by atoms with Crippen LogP contribution in [0.4, 0.5) is 23.7 Å². The summed E-state index contributed by atoms with van der Waals surface area (Å²) in [6, 6.07) is 13.9. The average molecular weight is 584 g/mol. The van der Waals surface area contributed by atoms with Gasteiger partial charge < -0.3 is 14.2 Å². The summed E-state index contributed by atoms with van der Waals surface area (Å²) in [5, 5.41) is 0. The van der Waals surface area contributed by atoms with E-state index in [1.807, 2.05) is 6.07 Å². The standard InChI is InChI=1S/C31H32F3N3O5/c1-19-15-20(11-12-22(19)28(38)41-6)25-17-35-27-24(36(14-13-31(32,33)34)29(39)42-30(2,3)4)16-21(18-37(25)27)23-9-7-8-10-26(23)40-5/h7-12,15-18H,13-14H2,1-6H3. The second kappa shape index (κ2) is 11.8. The maximum absolute atomic E-state index is 13.4. The Kier molecular flexibility index (Phi) is 8.51. The van der Waals surface area contributed by atoms with E-state index in [-0.39, 0.29) is 11.3 Å². The van der Waals surface area contributed by atoms with E-state index >= 15 is 0 Å². The minimum Gasteiger partial charge on any atom is -0.496 e. The lowest BCUT2D eigenvalue weighted by molar-refractivity contribution is -0.132. The van der Waals surface area contributed by atoms with E-state index in [1.54, 1.807) is 87.0 Å². The van der Waals surface area contributed by atoms with E-state index < -0.39 is 36.8 Å². The number of benzene rings is 2. The molecule has 0 unspecified atom stereocenters. The first kappa shape index (κ1) is 30.4. The number of imidazole rings is 1. The Morgan fingerprint density at radius 3 is 2.33 bits per heavy atom. The number of halogens is 3. The summed E-state index contributed by atoms with van der Waals surface area (Å²) in [5.41, 5.74) is 2.97. The van der Waals surface area contributed by atoms with Gasteiger partial charge in [0.25, 0.3) is 0 Å². The highest BCUT2D eigenvalue weighted by molar-refractivity contribution is 5.95. The summed E-state index contributed by atoms with van der Waals surface area (Å²) in [6.45, 7) is 6.01. The molecule has 0 saturated heterocycles. The van der Waals surface area contributed by atoms with Crippen LogP contribution in [-0.2, 0) is 9.47 Å². The molecule has 0 aliphatic carbocycles. The van der Waals surface area contributed by atoms with Gasteiger partial charge in [0.05, 0.1) is 43.8 Å². The van der Waals surface area contributed by atoms with E-state index in [0.29, 0.717) is 39.3 Å². The number of aromatic nitrogens is 2. The van der Waals surface area contributed by atoms with Crippen LogP contribution in [-0.4, -0.2) is 54.0 Å². The molecule has 0 saturated carbocycles. The van der Waals surface area contributed by atoms with Crippen molar-refractivity contribution in [3.63, 3.8) is 0 Å². The van der Waals surface area contributed by atoms with Gasteiger partial charge in [-0.1, -0.05) is 24.3 Å². The molecule has 2 aromatic heterocycles. The molecule has 0 aliphatic rings. The first-order valence-electron chi connectivity index (χ1n) is 13.1. The highest BCUT2D eigenvalue weighted by atomic mass is 19.4. The molecule has 0 aliphatic heterocycles. The van der Waals surface area contributed by atoms with Crippen LogP contribution in [0, 0.1) is 6.92 Å². The van der Waals surface area contributed by atoms with E-state index in [1.165, 1.54) is 14.2 Å². The normalized spacial score (nSPS) is 11.8. The monoisotopic (exact) mass is 583 g/mol. The van der Waals surface area contributed by atoms with Crippen molar-refractivity contribution in [1.82, 2.24) is 9.38 Å². The van der Waals surface area contributed by atoms with Gasteiger partial charge in [-0.15, -0.1) is 0 Å². The number of fused-ring (bicyclic) bond motifs is 1. The lowest BCUT2D eigenvalue weighted by Crippen LogP contribution is -2.39. The topological polar surface area (TPSA) is 82.4 Å². The number of pyridine rings is 1. The van der Waals surface area contributed by atoms with Gasteiger partial charge in [-0.3, -0.25) is 9.30 Å². The molecular formula is C31H32F3N3O5. The number of aryl methyl sites for hydroxylation is 1. The number of para-hydroxylation sites is 1. The molecule has 0 bridgehead atoms. The minimum atomic E-state index is -4.52. The lowest BCUT2D eigenvalue weighted by atomic mass is 10.0. The lowest BCUT2D eigenvalue weighted by Gasteiger charge is -2.28. The van der Waals surface area contributed by atoms with Crippen molar-refractivity contribution in [2.45, 2.75) is 45.9 Å². The van der Waals surface area contributed by atoms with Crippen molar-refractivity contribution in [3.05, 3.63) is 72.1 Å². The van der Waals surface area contributed by atoms with Crippen LogP contribution in [0.5, 0.6) is 5.75 Å². The molecule has 1 amide bonds. The molecule has 4 aromatic rings. The number of alkyl halides is 3. The molecule has 0 atom stereocenters. The van der Waals surface area contributed by atoms with E-state index in [9.17, 15) is 22.8 Å². The Morgan fingerprint density at radius 2 is 1.71 bits per heavy atom. The van der Waals surface area contributed by atoms with Crippen molar-refractivity contribution in [2.24, 2.45) is 0 Å². The SMILES string of the molecule is COC(=O)c1ccc(-c2cnc3c(N(CCC(F)(F)F)C(=O)OC(C)(C)C)cc(-c4ccccc4OC)cn23)cc1C. The molecule has 42 heavy (non-hydrogen) atoms. The van der Waals surface area contributed by atoms with Crippen molar-refractivity contribution in [3.8, 4) is 28.1 Å². The predicted octanol–water partition coefficient (Wildman–Crippen LogP) is 7.47. The largest absolute Gasteiger partial charge is 0.496 e. The third kappa shape index (κ3) is 6.67. The predicted molar refractivity (Wildman–Crippen MR) is 153 cm³/mol. The number of ether oxygens (including phenoxy) is 3. The van der Waals surface area contributed by atoms with Gasteiger partial charge in [-0.05, 0) is 57.5 Å². The average Bonchev–Trinajstić information content (AvgIpc) is 3.35. The van der Waals surface area contributed by atoms with Gasteiger partial charge in [0, 0.05) is 29.4 Å². The minimum absolute atomic E-state index is 0.131. The zero-order valence-corrected chi connectivity index (χ0v) is 24.2. The molecule has 2 heterocycles. The van der Waals surface area contributed by atoms with Crippen LogP contribution in [0.2, 0.25) is 0 Å². The number of hydrogen-bond acceptors (Lipinski definition) is 6. The van der Waals surface area contributed by atoms with E-state index in [0.717, 1.165) is 4.90 Å². The van der Waals surface area contributed by atoms with Gasteiger partial charge in [0.15, 0.2) is 5.65 Å². The van der Waals surface area contributed by atoms with Crippen LogP contribution in [0.1, 0.15) is 43.1 Å². The summed E-state index contributed by atoms with van der Waals surface area (Å²) in [4.78, 5) is 31.0. The van der Waals surface area contributed by atoms with Gasteiger partial charge in [-0.25, -0.2) is 14.6 Å². The zero-order valence-electron chi connectivity index (χ0n) is 24.2. The fraction of sp³-hybridized carbons (Fsp3) is 0.323. The van der Waals surface area contributed by atoms with Crippen LogP contribution < -0.4 is 9.64 Å². The van der Waals surface area contributed by atoms with Crippen molar-refractivity contribution < 1.29 is 37.0 Å². The van der Waals surface area contributed by atoms with Crippen LogP contribution in [0.15, 0.2) is 60.9 Å². The highest BCUT2D eigenvalue weighted by Crippen LogP contribution is 2.37. The number of amides is 1. The van der Waals surface area contributed by atoms with Crippen LogP contribution in [0.25, 0.3) is 28.0 Å². The Bertz CT molecular complexity index is 1620. The van der Waals surface area contributed by atoms with Crippen LogP contribution in [0.3, 0.4) is 0 Å². The second-order valence-electron chi connectivity index (χ2n) is 10.7. The third-order valence-corrected chi connectivity index (χ3v) is 6.46. The first-order valence-corrected chi connectivity index (χ1v) is 13.1. The quantitative estimate of drug-likeness (QED) is 0.210. The smallest absolute Gasteiger partial charge is 0.414 e. The number of methoxy groups -OCH3 is 2. The molecule has 0 spiro atoms. The molecule has 0 N–H and O–H groups in total. The van der Waals surface area contributed by atoms with Crippen molar-refractivity contribution >= 4 is 23.4 Å². The van der Waals surface area contributed by atoms with Gasteiger partial charge >= 0.3 is 18.2 Å². The highest BCUT2D eigenvalue weighted by Gasteiger charge is 2.33. The molecule has 8 nitrogen and oxygen atoms in total. The summed E-state index contributed by atoms with van der Waals surface area (Å²) in [5.74, 6) is 0.0532. The summed E-state index contributed by atoms with van der Waals surface area (Å²) < 4.78 is 57.9. The summed E-state index contributed by atoms with van der Waals surface area (Å²) in [7, 11) is 2.82. The molecule has 4 rings (SSSR count). The Morgan fingerprint density at radius 1 is 1.00 bits per heavy atom.